The zero-order valence-corrected chi connectivity index (χ0v) is 19.4. The van der Waals surface area contributed by atoms with Crippen molar-refractivity contribution in [3.05, 3.63) is 12.7 Å². The average Bonchev–Trinajstić information content (AvgIpc) is 2.49. The van der Waals surface area contributed by atoms with E-state index in [1.807, 2.05) is 6.08 Å². The first kappa shape index (κ1) is 23.8. The van der Waals surface area contributed by atoms with Crippen LogP contribution in [0.2, 0.25) is 0 Å². The summed E-state index contributed by atoms with van der Waals surface area (Å²) in [5, 5.41) is 0. The van der Waals surface area contributed by atoms with E-state index in [0.29, 0.717) is 24.2 Å². The zero-order valence-electron chi connectivity index (χ0n) is 16.4. The second kappa shape index (κ2) is 14.1. The molecule has 1 saturated carbocycles. The quantitative estimate of drug-likeness (QED) is 0.180. The summed E-state index contributed by atoms with van der Waals surface area (Å²) in [6.45, 7) is 10.5. The third kappa shape index (κ3) is 9.97. The minimum absolute atomic E-state index is 0. The number of esters is 1. The maximum Gasteiger partial charge on any atom is 0.306 e. The minimum atomic E-state index is 0. The van der Waals surface area contributed by atoms with E-state index in [4.69, 9.17) is 4.74 Å². The number of carbonyl (C=O) groups is 1. The molecule has 1 fully saturated rings. The van der Waals surface area contributed by atoms with Crippen LogP contribution in [0, 0.1) is 17.8 Å². The van der Waals surface area contributed by atoms with Gasteiger partial charge in [-0.25, -0.2) is 0 Å². The van der Waals surface area contributed by atoms with Crippen LogP contribution in [-0.4, -0.2) is 12.1 Å². The maximum absolute atomic E-state index is 12.1. The van der Waals surface area contributed by atoms with Gasteiger partial charge in [0.25, 0.3) is 0 Å². The molecular formula is C21H38O2Zn. The molecule has 0 aromatic rings. The maximum atomic E-state index is 12.1. The summed E-state index contributed by atoms with van der Waals surface area (Å²) < 4.78 is 5.85. The molecule has 1 aliphatic carbocycles. The van der Waals surface area contributed by atoms with Gasteiger partial charge in [0.15, 0.2) is 0 Å². The van der Waals surface area contributed by atoms with Gasteiger partial charge in [-0.2, -0.15) is 0 Å². The number of rotatable bonds is 11. The minimum Gasteiger partial charge on any atom is -0.462 e. The number of allylic oxidation sites excluding steroid dienone is 1. The molecule has 0 amide bonds. The van der Waals surface area contributed by atoms with Gasteiger partial charge in [-0.3, -0.25) is 4.79 Å². The van der Waals surface area contributed by atoms with Gasteiger partial charge in [0.1, 0.15) is 6.10 Å². The third-order valence-corrected chi connectivity index (χ3v) is 5.28. The van der Waals surface area contributed by atoms with Crippen LogP contribution in [0.4, 0.5) is 0 Å². The molecule has 0 aromatic heterocycles. The molecule has 0 aromatic carbocycles. The van der Waals surface area contributed by atoms with Crippen molar-refractivity contribution in [1.29, 1.82) is 0 Å². The Bertz CT molecular complexity index is 341. The molecule has 1 aliphatic rings. The van der Waals surface area contributed by atoms with Crippen molar-refractivity contribution in [2.45, 2.75) is 97.5 Å². The molecule has 2 nitrogen and oxygen atoms in total. The van der Waals surface area contributed by atoms with Gasteiger partial charge in [-0.05, 0) is 49.9 Å². The van der Waals surface area contributed by atoms with Gasteiger partial charge in [0.05, 0.1) is 0 Å². The van der Waals surface area contributed by atoms with Crippen molar-refractivity contribution in [3.63, 3.8) is 0 Å². The fraction of sp³-hybridized carbons (Fsp3) is 0.857. The van der Waals surface area contributed by atoms with Crippen LogP contribution in [0.5, 0.6) is 0 Å². The van der Waals surface area contributed by atoms with Crippen molar-refractivity contribution in [3.8, 4) is 0 Å². The summed E-state index contributed by atoms with van der Waals surface area (Å²) in [4.78, 5) is 12.1. The molecule has 24 heavy (non-hydrogen) atoms. The van der Waals surface area contributed by atoms with E-state index in [-0.39, 0.29) is 31.6 Å². The summed E-state index contributed by atoms with van der Waals surface area (Å²) in [5.41, 5.74) is 0. The molecule has 0 unspecified atom stereocenters. The van der Waals surface area contributed by atoms with Gasteiger partial charge < -0.3 is 4.74 Å². The number of carbonyl (C=O) groups excluding carboxylic acids is 1. The molecule has 3 heteroatoms. The predicted octanol–water partition coefficient (Wildman–Crippen LogP) is 6.29. The summed E-state index contributed by atoms with van der Waals surface area (Å²) in [6, 6.07) is 0. The molecular weight excluding hydrogens is 350 g/mol. The first-order valence-electron chi connectivity index (χ1n) is 9.85. The first-order chi connectivity index (χ1) is 11.0. The molecule has 3 atom stereocenters. The average molecular weight is 388 g/mol. The standard InChI is InChI=1S/C21H38O2.Zn/c1-5-6-7-8-9-10-11-12-13-21(22)23-20-16-18(4)14-15-19(20)17(2)3;/h5,17-20H,1,6-16H2,2-4H3;/t18-,19+,20-;/m1./s1. The molecule has 0 spiro atoms. The Balaban J connectivity index is 0.00000529. The third-order valence-electron chi connectivity index (χ3n) is 5.28. The van der Waals surface area contributed by atoms with Crippen LogP contribution in [0.15, 0.2) is 12.7 Å². The summed E-state index contributed by atoms with van der Waals surface area (Å²) in [7, 11) is 0. The summed E-state index contributed by atoms with van der Waals surface area (Å²) in [6.07, 6.45) is 14.6. The van der Waals surface area contributed by atoms with Gasteiger partial charge in [0.2, 0.25) is 0 Å². The van der Waals surface area contributed by atoms with Gasteiger partial charge >= 0.3 is 5.97 Å². The van der Waals surface area contributed by atoms with Crippen LogP contribution in [0.3, 0.4) is 0 Å². The van der Waals surface area contributed by atoms with E-state index in [9.17, 15) is 4.79 Å². The fourth-order valence-corrected chi connectivity index (χ4v) is 3.74. The van der Waals surface area contributed by atoms with E-state index in [0.717, 1.165) is 25.7 Å². The summed E-state index contributed by atoms with van der Waals surface area (Å²) >= 11 is 0. The van der Waals surface area contributed by atoms with Gasteiger partial charge in [-0.1, -0.05) is 59.0 Å². The first-order valence-corrected chi connectivity index (χ1v) is 9.85. The molecule has 0 N–H and O–H groups in total. The van der Waals surface area contributed by atoms with Crippen LogP contribution < -0.4 is 0 Å². The molecule has 0 radical (unpaired) electrons. The largest absolute Gasteiger partial charge is 0.462 e. The van der Waals surface area contributed by atoms with E-state index in [2.05, 4.69) is 27.4 Å². The smallest absolute Gasteiger partial charge is 0.306 e. The van der Waals surface area contributed by atoms with Crippen molar-refractivity contribution in [1.82, 2.24) is 0 Å². The van der Waals surface area contributed by atoms with Gasteiger partial charge in [-0.15, -0.1) is 6.58 Å². The van der Waals surface area contributed by atoms with Crippen LogP contribution in [0.25, 0.3) is 0 Å². The Morgan fingerprint density at radius 1 is 1.12 bits per heavy atom. The fourth-order valence-electron chi connectivity index (χ4n) is 3.74. The van der Waals surface area contributed by atoms with Crippen LogP contribution >= 0.6 is 0 Å². The topological polar surface area (TPSA) is 26.3 Å². The normalized spacial score (nSPS) is 23.6. The number of unbranched alkanes of at least 4 members (excludes halogenated alkanes) is 6. The Morgan fingerprint density at radius 3 is 2.38 bits per heavy atom. The molecule has 0 heterocycles. The molecule has 0 aliphatic heterocycles. The second-order valence-electron chi connectivity index (χ2n) is 7.80. The van der Waals surface area contributed by atoms with E-state index in [1.165, 1.54) is 38.5 Å². The number of ether oxygens (including phenoxy) is 1. The SMILES string of the molecule is C=CCCCCCCCCC(=O)O[C@@H]1C[C@H](C)CC[C@H]1C(C)C.[Zn]. The van der Waals surface area contributed by atoms with Crippen LogP contribution in [-0.2, 0) is 29.0 Å². The van der Waals surface area contributed by atoms with E-state index >= 15 is 0 Å². The monoisotopic (exact) mass is 386 g/mol. The number of hydrogen-bond donors (Lipinski definition) is 0. The molecule has 0 saturated heterocycles. The van der Waals surface area contributed by atoms with Crippen molar-refractivity contribution >= 4 is 5.97 Å². The van der Waals surface area contributed by atoms with Crippen LogP contribution in [0.1, 0.15) is 91.4 Å². The second-order valence-corrected chi connectivity index (χ2v) is 7.80. The van der Waals surface area contributed by atoms with E-state index in [1.54, 1.807) is 0 Å². The van der Waals surface area contributed by atoms with Crippen molar-refractivity contribution < 1.29 is 29.0 Å². The van der Waals surface area contributed by atoms with Crippen molar-refractivity contribution in [2.24, 2.45) is 17.8 Å². The Kier molecular flexibility index (Phi) is 14.0. The molecule has 0 bridgehead atoms. The Hall–Kier alpha value is -0.167. The summed E-state index contributed by atoms with van der Waals surface area (Å²) in [5.74, 6) is 1.88. The zero-order chi connectivity index (χ0) is 17.1. The van der Waals surface area contributed by atoms with E-state index < -0.39 is 0 Å². The Labute approximate surface area is 163 Å². The van der Waals surface area contributed by atoms with Gasteiger partial charge in [0, 0.05) is 25.9 Å². The van der Waals surface area contributed by atoms with Crippen molar-refractivity contribution in [2.75, 3.05) is 0 Å². The molecule has 136 valence electrons. The Morgan fingerprint density at radius 2 is 1.75 bits per heavy atom. The number of hydrogen-bond acceptors (Lipinski definition) is 2. The molecule has 1 rings (SSSR count). The predicted molar refractivity (Wildman–Crippen MR) is 98.4 cm³/mol.